The highest BCUT2D eigenvalue weighted by Crippen LogP contribution is 2.25. The van der Waals surface area contributed by atoms with Crippen LogP contribution in [-0.4, -0.2) is 7.05 Å². The van der Waals surface area contributed by atoms with E-state index in [2.05, 4.69) is 5.32 Å². The van der Waals surface area contributed by atoms with E-state index >= 15 is 0 Å². The molecule has 2 aromatic carbocycles. The highest BCUT2D eigenvalue weighted by molar-refractivity contribution is 5.25. The van der Waals surface area contributed by atoms with Gasteiger partial charge >= 0.3 is 0 Å². The van der Waals surface area contributed by atoms with Crippen LogP contribution in [0.5, 0.6) is 0 Å². The van der Waals surface area contributed by atoms with E-state index in [1.165, 1.54) is 0 Å². The molecule has 1 nitrogen and oxygen atoms in total. The molecule has 4 heteroatoms. The highest BCUT2D eigenvalue weighted by Gasteiger charge is 2.20. The van der Waals surface area contributed by atoms with Crippen molar-refractivity contribution in [2.24, 2.45) is 0 Å². The van der Waals surface area contributed by atoms with Gasteiger partial charge in [-0.25, -0.2) is 13.2 Å². The van der Waals surface area contributed by atoms with E-state index in [4.69, 9.17) is 0 Å². The lowest BCUT2D eigenvalue weighted by molar-refractivity contribution is 0.460. The molecule has 0 radical (unpaired) electrons. The van der Waals surface area contributed by atoms with E-state index in [9.17, 15) is 13.2 Å². The number of rotatable bonds is 5. The Morgan fingerprint density at radius 1 is 1.00 bits per heavy atom. The van der Waals surface area contributed by atoms with E-state index in [0.717, 1.165) is 5.56 Å². The van der Waals surface area contributed by atoms with Crippen LogP contribution in [0, 0.1) is 17.5 Å². The van der Waals surface area contributed by atoms with Crippen LogP contribution in [0.15, 0.2) is 42.5 Å². The first kappa shape index (κ1) is 14.6. The lowest BCUT2D eigenvalue weighted by Crippen LogP contribution is -2.20. The lowest BCUT2D eigenvalue weighted by Gasteiger charge is -2.18. The van der Waals surface area contributed by atoms with Crippen LogP contribution in [-0.2, 0) is 6.42 Å². The van der Waals surface area contributed by atoms with Crippen LogP contribution in [0.25, 0.3) is 0 Å². The molecule has 20 heavy (non-hydrogen) atoms. The quantitative estimate of drug-likeness (QED) is 0.872. The molecule has 0 bridgehead atoms. The number of hydrogen-bond donors (Lipinski definition) is 1. The Balaban J connectivity index is 2.17. The maximum Gasteiger partial charge on any atom is 0.133 e. The first-order chi connectivity index (χ1) is 9.61. The van der Waals surface area contributed by atoms with Crippen molar-refractivity contribution in [1.29, 1.82) is 0 Å². The summed E-state index contributed by atoms with van der Waals surface area (Å²) >= 11 is 0. The Hall–Kier alpha value is -1.81. The minimum Gasteiger partial charge on any atom is -0.313 e. The van der Waals surface area contributed by atoms with Gasteiger partial charge in [-0.15, -0.1) is 0 Å². The van der Waals surface area contributed by atoms with Gasteiger partial charge in [-0.1, -0.05) is 30.3 Å². The summed E-state index contributed by atoms with van der Waals surface area (Å²) in [5.74, 6) is -2.61. The topological polar surface area (TPSA) is 12.0 Å². The molecular weight excluding hydrogens is 263 g/mol. The molecule has 0 fully saturated rings. The van der Waals surface area contributed by atoms with Gasteiger partial charge in [-0.3, -0.25) is 0 Å². The summed E-state index contributed by atoms with van der Waals surface area (Å²) in [5, 5.41) is 2.89. The van der Waals surface area contributed by atoms with Crippen LogP contribution in [0.2, 0.25) is 0 Å². The minimum absolute atomic E-state index is 0.107. The summed E-state index contributed by atoms with van der Waals surface area (Å²) in [6.45, 7) is 0. The number of nitrogens with one attached hydrogen (secondary N) is 1. The summed E-state index contributed by atoms with van der Waals surface area (Å²) < 4.78 is 40.4. The maximum atomic E-state index is 13.8. The lowest BCUT2D eigenvalue weighted by atomic mass is 9.98. The fraction of sp³-hybridized carbons (Fsp3) is 0.250. The average molecular weight is 279 g/mol. The van der Waals surface area contributed by atoms with Crippen molar-refractivity contribution in [3.63, 3.8) is 0 Å². The summed E-state index contributed by atoms with van der Waals surface area (Å²) in [4.78, 5) is 0. The molecule has 0 aliphatic carbocycles. The monoisotopic (exact) mass is 279 g/mol. The van der Waals surface area contributed by atoms with Gasteiger partial charge < -0.3 is 5.32 Å². The number of hydrogen-bond acceptors (Lipinski definition) is 1. The third-order valence-corrected chi connectivity index (χ3v) is 3.31. The van der Waals surface area contributed by atoms with Crippen LogP contribution in [0.1, 0.15) is 23.6 Å². The predicted octanol–water partition coefficient (Wildman–Crippen LogP) is 4.00. The minimum atomic E-state index is -0.901. The maximum absolute atomic E-state index is 13.8. The van der Waals surface area contributed by atoms with Crippen molar-refractivity contribution >= 4 is 0 Å². The van der Waals surface area contributed by atoms with Crippen LogP contribution >= 0.6 is 0 Å². The van der Waals surface area contributed by atoms with Gasteiger partial charge in [0.2, 0.25) is 0 Å². The number of halogens is 3. The second-order valence-corrected chi connectivity index (χ2v) is 4.65. The van der Waals surface area contributed by atoms with E-state index in [1.807, 2.05) is 30.3 Å². The Labute approximate surface area is 116 Å². The van der Waals surface area contributed by atoms with Gasteiger partial charge in [0.25, 0.3) is 0 Å². The van der Waals surface area contributed by atoms with Gasteiger partial charge in [-0.05, 0) is 25.5 Å². The number of aryl methyl sites for hydroxylation is 1. The van der Waals surface area contributed by atoms with Crippen molar-refractivity contribution in [3.8, 4) is 0 Å². The Morgan fingerprint density at radius 3 is 2.15 bits per heavy atom. The second kappa shape index (κ2) is 6.57. The number of benzene rings is 2. The molecule has 1 atom stereocenters. The molecule has 0 aromatic heterocycles. The van der Waals surface area contributed by atoms with E-state index in [0.29, 0.717) is 25.0 Å². The van der Waals surface area contributed by atoms with Gasteiger partial charge in [0.1, 0.15) is 17.5 Å². The van der Waals surface area contributed by atoms with Gasteiger partial charge in [0.05, 0.1) is 0 Å². The molecular formula is C16H16F3N. The van der Waals surface area contributed by atoms with Crippen molar-refractivity contribution in [3.05, 3.63) is 71.0 Å². The first-order valence-corrected chi connectivity index (χ1v) is 6.47. The molecule has 0 spiro atoms. The third-order valence-electron chi connectivity index (χ3n) is 3.31. The van der Waals surface area contributed by atoms with E-state index in [1.54, 1.807) is 7.05 Å². The van der Waals surface area contributed by atoms with Gasteiger partial charge in [-0.2, -0.15) is 0 Å². The standard InChI is InChI=1S/C16H16F3N/c1-20-15(8-7-11-5-3-2-4-6-11)16-13(18)9-12(17)10-14(16)19/h2-6,9-10,15,20H,7-8H2,1H3. The molecule has 2 rings (SSSR count). The molecule has 1 unspecified atom stereocenters. The fourth-order valence-electron chi connectivity index (χ4n) is 2.27. The molecule has 106 valence electrons. The largest absolute Gasteiger partial charge is 0.313 e. The zero-order valence-corrected chi connectivity index (χ0v) is 11.2. The molecule has 0 aliphatic heterocycles. The summed E-state index contributed by atoms with van der Waals surface area (Å²) in [5.41, 5.74) is 0.987. The molecule has 0 saturated carbocycles. The summed E-state index contributed by atoms with van der Waals surface area (Å²) in [6, 6.07) is 10.6. The highest BCUT2D eigenvalue weighted by atomic mass is 19.1. The Morgan fingerprint density at radius 2 is 1.60 bits per heavy atom. The molecule has 1 N–H and O–H groups in total. The van der Waals surface area contributed by atoms with Gasteiger partial charge in [0, 0.05) is 23.7 Å². The van der Waals surface area contributed by atoms with Crippen LogP contribution in [0.3, 0.4) is 0 Å². The molecule has 2 aromatic rings. The third kappa shape index (κ3) is 3.39. The molecule has 0 aliphatic rings. The van der Waals surface area contributed by atoms with E-state index < -0.39 is 23.5 Å². The molecule has 0 amide bonds. The van der Waals surface area contributed by atoms with Crippen molar-refractivity contribution < 1.29 is 13.2 Å². The summed E-state index contributed by atoms with van der Waals surface area (Å²) in [7, 11) is 1.64. The first-order valence-electron chi connectivity index (χ1n) is 6.47. The van der Waals surface area contributed by atoms with Gasteiger partial charge in [0.15, 0.2) is 0 Å². The second-order valence-electron chi connectivity index (χ2n) is 4.65. The van der Waals surface area contributed by atoms with Crippen LogP contribution < -0.4 is 5.32 Å². The van der Waals surface area contributed by atoms with Crippen LogP contribution in [0.4, 0.5) is 13.2 Å². The smallest absolute Gasteiger partial charge is 0.133 e. The zero-order chi connectivity index (χ0) is 14.5. The van der Waals surface area contributed by atoms with Crippen molar-refractivity contribution in [2.75, 3.05) is 7.05 Å². The Kier molecular flexibility index (Phi) is 4.79. The zero-order valence-electron chi connectivity index (χ0n) is 11.2. The van der Waals surface area contributed by atoms with E-state index in [-0.39, 0.29) is 5.56 Å². The predicted molar refractivity (Wildman–Crippen MR) is 72.9 cm³/mol. The van der Waals surface area contributed by atoms with Crippen molar-refractivity contribution in [1.82, 2.24) is 5.32 Å². The SMILES string of the molecule is CNC(CCc1ccccc1)c1c(F)cc(F)cc1F. The summed E-state index contributed by atoms with van der Waals surface area (Å²) in [6.07, 6.45) is 1.21. The normalized spacial score (nSPS) is 12.4. The van der Waals surface area contributed by atoms with Crippen molar-refractivity contribution in [2.45, 2.75) is 18.9 Å². The average Bonchev–Trinajstić information content (AvgIpc) is 2.42. The molecule has 0 saturated heterocycles. The Bertz CT molecular complexity index is 546. The molecule has 0 heterocycles. The fourth-order valence-corrected chi connectivity index (χ4v) is 2.27.